The predicted molar refractivity (Wildman–Crippen MR) is 70.6 cm³/mol. The molecule has 0 heterocycles. The first-order valence-corrected chi connectivity index (χ1v) is 6.15. The fourth-order valence-electron chi connectivity index (χ4n) is 1.69. The summed E-state index contributed by atoms with van der Waals surface area (Å²) in [6.07, 6.45) is 0.186. The summed E-state index contributed by atoms with van der Waals surface area (Å²) in [5, 5.41) is 11.2. The number of nitrogens with two attached hydrogens (primary N) is 1. The van der Waals surface area contributed by atoms with Gasteiger partial charge in [-0.05, 0) is 31.0 Å². The molecule has 0 aromatic heterocycles. The standard InChI is InChI=1S/C14H16FN3O2/c1-9(8-16)6-12(14(17)20)18-13(19)7-10-2-4-11(15)5-3-10/h2-5,9,12H,6-7H2,1H3,(H2,17,20)(H,18,19)/t9-,12+/m0/s1. The number of rotatable bonds is 6. The number of nitrogens with one attached hydrogen (secondary N) is 1. The number of carbonyl (C=O) groups is 2. The van der Waals surface area contributed by atoms with Crippen LogP contribution >= 0.6 is 0 Å². The molecule has 1 aromatic rings. The summed E-state index contributed by atoms with van der Waals surface area (Å²) in [7, 11) is 0. The lowest BCUT2D eigenvalue weighted by molar-refractivity contribution is -0.127. The van der Waals surface area contributed by atoms with Gasteiger partial charge in [-0.25, -0.2) is 4.39 Å². The van der Waals surface area contributed by atoms with Crippen molar-refractivity contribution in [3.63, 3.8) is 0 Å². The molecule has 106 valence electrons. The Hall–Kier alpha value is -2.42. The number of nitrogens with zero attached hydrogens (tertiary/aromatic N) is 1. The van der Waals surface area contributed by atoms with Crippen molar-refractivity contribution < 1.29 is 14.0 Å². The van der Waals surface area contributed by atoms with Crippen LogP contribution in [0.3, 0.4) is 0 Å². The van der Waals surface area contributed by atoms with Crippen LogP contribution in [0, 0.1) is 23.1 Å². The lowest BCUT2D eigenvalue weighted by atomic mass is 10.0. The summed E-state index contributed by atoms with van der Waals surface area (Å²) in [5.74, 6) is -1.85. The molecule has 1 aromatic carbocycles. The highest BCUT2D eigenvalue weighted by Gasteiger charge is 2.20. The first kappa shape index (κ1) is 15.6. The third-order valence-electron chi connectivity index (χ3n) is 2.77. The van der Waals surface area contributed by atoms with Gasteiger partial charge in [0.25, 0.3) is 0 Å². The quantitative estimate of drug-likeness (QED) is 0.808. The summed E-state index contributed by atoms with van der Waals surface area (Å²) in [4.78, 5) is 23.0. The van der Waals surface area contributed by atoms with Crippen molar-refractivity contribution in [1.82, 2.24) is 5.32 Å². The van der Waals surface area contributed by atoms with Crippen LogP contribution in [0.1, 0.15) is 18.9 Å². The highest BCUT2D eigenvalue weighted by atomic mass is 19.1. The molecule has 0 unspecified atom stereocenters. The number of nitriles is 1. The highest BCUT2D eigenvalue weighted by molar-refractivity contribution is 5.87. The average Bonchev–Trinajstić information content (AvgIpc) is 2.40. The lowest BCUT2D eigenvalue weighted by Crippen LogP contribution is -2.45. The molecule has 0 aliphatic carbocycles. The van der Waals surface area contributed by atoms with Crippen molar-refractivity contribution in [3.05, 3.63) is 35.6 Å². The minimum absolute atomic E-state index is 0.0188. The number of carbonyl (C=O) groups excluding carboxylic acids is 2. The van der Waals surface area contributed by atoms with Crippen LogP contribution in [0.5, 0.6) is 0 Å². The molecule has 0 bridgehead atoms. The molecule has 2 atom stereocenters. The molecule has 5 nitrogen and oxygen atoms in total. The fraction of sp³-hybridized carbons (Fsp3) is 0.357. The molecule has 2 amide bonds. The molecule has 20 heavy (non-hydrogen) atoms. The summed E-state index contributed by atoms with van der Waals surface area (Å²) in [6.45, 7) is 1.64. The molecule has 3 N–H and O–H groups in total. The van der Waals surface area contributed by atoms with Gasteiger partial charge in [-0.2, -0.15) is 5.26 Å². The van der Waals surface area contributed by atoms with Crippen LogP contribution in [0.4, 0.5) is 4.39 Å². The van der Waals surface area contributed by atoms with E-state index in [2.05, 4.69) is 5.32 Å². The number of hydrogen-bond donors (Lipinski definition) is 2. The zero-order valence-electron chi connectivity index (χ0n) is 11.1. The van der Waals surface area contributed by atoms with Crippen LogP contribution in [0.15, 0.2) is 24.3 Å². The Morgan fingerprint density at radius 1 is 1.40 bits per heavy atom. The molecule has 0 saturated heterocycles. The Morgan fingerprint density at radius 3 is 2.50 bits per heavy atom. The van der Waals surface area contributed by atoms with Crippen molar-refractivity contribution in [3.8, 4) is 6.07 Å². The summed E-state index contributed by atoms with van der Waals surface area (Å²) < 4.78 is 12.7. The normalized spacial score (nSPS) is 13.1. The van der Waals surface area contributed by atoms with Gasteiger partial charge in [0.2, 0.25) is 11.8 Å². The summed E-state index contributed by atoms with van der Waals surface area (Å²) in [5.41, 5.74) is 5.81. The number of benzene rings is 1. The van der Waals surface area contributed by atoms with Crippen molar-refractivity contribution in [2.24, 2.45) is 11.7 Å². The maximum atomic E-state index is 12.7. The molecule has 1 rings (SSSR count). The molecule has 6 heteroatoms. The minimum atomic E-state index is -0.877. The van der Waals surface area contributed by atoms with Gasteiger partial charge in [-0.15, -0.1) is 0 Å². The van der Waals surface area contributed by atoms with Crippen LogP contribution in [0.2, 0.25) is 0 Å². The Bertz CT molecular complexity index is 522. The SMILES string of the molecule is C[C@H](C#N)C[C@@H](NC(=O)Cc1ccc(F)cc1)C(N)=O. The smallest absolute Gasteiger partial charge is 0.240 e. The van der Waals surface area contributed by atoms with E-state index in [1.165, 1.54) is 24.3 Å². The molecule has 0 spiro atoms. The number of primary amides is 1. The van der Waals surface area contributed by atoms with Gasteiger partial charge in [0, 0.05) is 5.92 Å². The second-order valence-electron chi connectivity index (χ2n) is 4.59. The molecule has 0 radical (unpaired) electrons. The first-order valence-electron chi connectivity index (χ1n) is 6.15. The van der Waals surface area contributed by atoms with E-state index in [1.54, 1.807) is 6.92 Å². The van der Waals surface area contributed by atoms with Crippen molar-refractivity contribution >= 4 is 11.8 Å². The van der Waals surface area contributed by atoms with E-state index in [1.807, 2.05) is 6.07 Å². The van der Waals surface area contributed by atoms with Gasteiger partial charge in [0.05, 0.1) is 12.5 Å². The molecule has 0 fully saturated rings. The van der Waals surface area contributed by atoms with Crippen molar-refractivity contribution in [2.45, 2.75) is 25.8 Å². The van der Waals surface area contributed by atoms with E-state index < -0.39 is 23.8 Å². The second kappa shape index (κ2) is 7.24. The maximum Gasteiger partial charge on any atom is 0.240 e. The molecule has 0 aliphatic rings. The predicted octanol–water partition coefficient (Wildman–Crippen LogP) is 0.888. The Morgan fingerprint density at radius 2 is 2.00 bits per heavy atom. The van der Waals surface area contributed by atoms with Crippen molar-refractivity contribution in [1.29, 1.82) is 5.26 Å². The van der Waals surface area contributed by atoms with Crippen LogP contribution in [-0.4, -0.2) is 17.9 Å². The third-order valence-corrected chi connectivity index (χ3v) is 2.77. The summed E-state index contributed by atoms with van der Waals surface area (Å²) in [6, 6.07) is 6.60. The van der Waals surface area contributed by atoms with Gasteiger partial charge in [0.1, 0.15) is 11.9 Å². The third kappa shape index (κ3) is 5.06. The fourth-order valence-corrected chi connectivity index (χ4v) is 1.69. The first-order chi connectivity index (χ1) is 9.42. The molecular formula is C14H16FN3O2. The largest absolute Gasteiger partial charge is 0.368 e. The molecule has 0 saturated carbocycles. The number of halogens is 1. The minimum Gasteiger partial charge on any atom is -0.368 e. The molecule has 0 aliphatic heterocycles. The van der Waals surface area contributed by atoms with Gasteiger partial charge >= 0.3 is 0 Å². The van der Waals surface area contributed by atoms with E-state index in [4.69, 9.17) is 11.0 Å². The van der Waals surface area contributed by atoms with Gasteiger partial charge in [-0.1, -0.05) is 12.1 Å². The number of hydrogen-bond acceptors (Lipinski definition) is 3. The molecular weight excluding hydrogens is 261 g/mol. The van der Waals surface area contributed by atoms with E-state index in [9.17, 15) is 14.0 Å². The van der Waals surface area contributed by atoms with Gasteiger partial charge < -0.3 is 11.1 Å². The highest BCUT2D eigenvalue weighted by Crippen LogP contribution is 2.06. The Balaban J connectivity index is 2.60. The Kier molecular flexibility index (Phi) is 5.66. The van der Waals surface area contributed by atoms with Crippen LogP contribution in [0.25, 0.3) is 0 Å². The summed E-state index contributed by atoms with van der Waals surface area (Å²) >= 11 is 0. The van der Waals surface area contributed by atoms with E-state index >= 15 is 0 Å². The van der Waals surface area contributed by atoms with Gasteiger partial charge in [-0.3, -0.25) is 9.59 Å². The average molecular weight is 277 g/mol. The van der Waals surface area contributed by atoms with E-state index in [0.717, 1.165) is 0 Å². The van der Waals surface area contributed by atoms with Crippen LogP contribution in [-0.2, 0) is 16.0 Å². The zero-order valence-corrected chi connectivity index (χ0v) is 11.1. The Labute approximate surface area is 116 Å². The zero-order chi connectivity index (χ0) is 15.1. The monoisotopic (exact) mass is 277 g/mol. The second-order valence-corrected chi connectivity index (χ2v) is 4.59. The van der Waals surface area contributed by atoms with Crippen LogP contribution < -0.4 is 11.1 Å². The lowest BCUT2D eigenvalue weighted by Gasteiger charge is -2.16. The van der Waals surface area contributed by atoms with E-state index in [0.29, 0.717) is 5.56 Å². The maximum absolute atomic E-state index is 12.7. The van der Waals surface area contributed by atoms with E-state index in [-0.39, 0.29) is 18.7 Å². The van der Waals surface area contributed by atoms with Gasteiger partial charge in [0.15, 0.2) is 0 Å². The van der Waals surface area contributed by atoms with Crippen molar-refractivity contribution in [2.75, 3.05) is 0 Å². The number of amides is 2. The topological polar surface area (TPSA) is 96.0 Å².